The zero-order valence-corrected chi connectivity index (χ0v) is 10.3. The van der Waals surface area contributed by atoms with Gasteiger partial charge < -0.3 is 32.0 Å². The summed E-state index contributed by atoms with van der Waals surface area (Å²) in [4.78, 5) is 32.5. The summed E-state index contributed by atoms with van der Waals surface area (Å²) in [6.45, 7) is 1.70. The largest absolute Gasteiger partial charge is 0.465 e. The fraction of sp³-hybridized carbons (Fsp3) is 0.700. The van der Waals surface area contributed by atoms with E-state index in [1.165, 1.54) is 6.92 Å². The van der Waals surface area contributed by atoms with Crippen LogP contribution in [0.2, 0.25) is 0 Å². The maximum Gasteiger partial charge on any atom is 0.404 e. The van der Waals surface area contributed by atoms with Gasteiger partial charge in [-0.1, -0.05) is 0 Å². The van der Waals surface area contributed by atoms with Crippen LogP contribution in [0.1, 0.15) is 19.8 Å². The van der Waals surface area contributed by atoms with E-state index in [1.54, 1.807) is 0 Å². The fourth-order valence-corrected chi connectivity index (χ4v) is 1.15. The molecule has 0 fully saturated rings. The molecular formula is C10H20N4O4. The first-order valence-electron chi connectivity index (χ1n) is 5.55. The molecule has 0 aliphatic heterocycles. The van der Waals surface area contributed by atoms with Gasteiger partial charge in [0, 0.05) is 13.1 Å². The Labute approximate surface area is 105 Å². The third-order valence-corrected chi connectivity index (χ3v) is 2.40. The highest BCUT2D eigenvalue weighted by Gasteiger charge is 2.26. The molecule has 0 aromatic rings. The molecule has 0 aliphatic rings. The molecule has 8 nitrogen and oxygen atoms in total. The van der Waals surface area contributed by atoms with Crippen LogP contribution in [0.25, 0.3) is 0 Å². The van der Waals surface area contributed by atoms with Crippen LogP contribution in [0.15, 0.2) is 0 Å². The van der Waals surface area contributed by atoms with Crippen LogP contribution in [0, 0.1) is 0 Å². The molecule has 0 radical (unpaired) electrons. The highest BCUT2D eigenvalue weighted by atomic mass is 16.4. The van der Waals surface area contributed by atoms with Gasteiger partial charge >= 0.3 is 6.09 Å². The summed E-state index contributed by atoms with van der Waals surface area (Å²) >= 11 is 0. The molecule has 0 heterocycles. The Morgan fingerprint density at radius 1 is 1.50 bits per heavy atom. The zero-order chi connectivity index (χ0) is 14.2. The van der Waals surface area contributed by atoms with Crippen LogP contribution < -0.4 is 22.1 Å². The molecule has 0 aromatic heterocycles. The lowest BCUT2D eigenvalue weighted by Crippen LogP contribution is -2.56. The molecule has 2 amide bonds. The van der Waals surface area contributed by atoms with Gasteiger partial charge in [0.05, 0.1) is 6.04 Å². The predicted molar refractivity (Wildman–Crippen MR) is 64.9 cm³/mol. The van der Waals surface area contributed by atoms with Crippen molar-refractivity contribution in [3.8, 4) is 0 Å². The molecule has 8 heteroatoms. The van der Waals surface area contributed by atoms with Crippen molar-refractivity contribution in [2.75, 3.05) is 13.1 Å². The van der Waals surface area contributed by atoms with Crippen molar-refractivity contribution in [3.63, 3.8) is 0 Å². The van der Waals surface area contributed by atoms with Gasteiger partial charge in [0.2, 0.25) is 5.91 Å². The third-order valence-electron chi connectivity index (χ3n) is 2.40. The number of hydrogen-bond donors (Lipinski definition) is 5. The Hall–Kier alpha value is -1.67. The molecule has 104 valence electrons. The average molecular weight is 260 g/mol. The number of carbonyl (C=O) groups excluding carboxylic acids is 2. The number of rotatable bonds is 8. The monoisotopic (exact) mass is 260 g/mol. The first-order chi connectivity index (χ1) is 8.34. The summed E-state index contributed by atoms with van der Waals surface area (Å²) in [5.41, 5.74) is 9.85. The van der Waals surface area contributed by atoms with Crippen LogP contribution in [0.3, 0.4) is 0 Å². The topological polar surface area (TPSA) is 148 Å². The van der Waals surface area contributed by atoms with Crippen LogP contribution in [-0.2, 0) is 9.59 Å². The molecule has 0 spiro atoms. The van der Waals surface area contributed by atoms with Gasteiger partial charge in [0.15, 0.2) is 0 Å². The fourth-order valence-electron chi connectivity index (χ4n) is 1.15. The standard InChI is InChI=1S/C10H20N4O4/c1-10(5-11,6-15)14-8(16)7(12)3-2-4-13-9(17)18/h6-7,13H,2-5,11-12H2,1H3,(H,14,16)(H,17,18)/t7-,10-/m1/s1. The van der Waals surface area contributed by atoms with Gasteiger partial charge in [-0.05, 0) is 19.8 Å². The number of amides is 2. The van der Waals surface area contributed by atoms with Gasteiger partial charge in [-0.25, -0.2) is 4.79 Å². The van der Waals surface area contributed by atoms with E-state index in [4.69, 9.17) is 16.6 Å². The lowest BCUT2D eigenvalue weighted by molar-refractivity contribution is -0.127. The van der Waals surface area contributed by atoms with Gasteiger partial charge in [0.25, 0.3) is 0 Å². The van der Waals surface area contributed by atoms with Crippen molar-refractivity contribution in [2.45, 2.75) is 31.3 Å². The Kier molecular flexibility index (Phi) is 6.91. The van der Waals surface area contributed by atoms with E-state index >= 15 is 0 Å². The van der Waals surface area contributed by atoms with Gasteiger partial charge in [-0.15, -0.1) is 0 Å². The summed E-state index contributed by atoms with van der Waals surface area (Å²) in [5, 5.41) is 12.9. The first kappa shape index (κ1) is 16.3. The lowest BCUT2D eigenvalue weighted by atomic mass is 10.0. The SMILES string of the molecule is C[C@](C=O)(CN)NC(=O)[C@H](N)CCCNC(=O)O. The van der Waals surface area contributed by atoms with Crippen LogP contribution in [0.4, 0.5) is 4.79 Å². The Morgan fingerprint density at radius 2 is 2.11 bits per heavy atom. The summed E-state index contributed by atoms with van der Waals surface area (Å²) in [5.74, 6) is -0.481. The van der Waals surface area contributed by atoms with Crippen molar-refractivity contribution in [1.29, 1.82) is 0 Å². The molecular weight excluding hydrogens is 240 g/mol. The summed E-state index contributed by atoms with van der Waals surface area (Å²) in [7, 11) is 0. The lowest BCUT2D eigenvalue weighted by Gasteiger charge is -2.24. The van der Waals surface area contributed by atoms with Gasteiger partial charge in [-0.3, -0.25) is 4.79 Å². The normalized spacial score (nSPS) is 15.3. The molecule has 0 saturated carbocycles. The highest BCUT2D eigenvalue weighted by Crippen LogP contribution is 2.00. The van der Waals surface area contributed by atoms with E-state index in [2.05, 4.69) is 10.6 Å². The summed E-state index contributed by atoms with van der Waals surface area (Å²) in [6.07, 6.45) is 0.181. The van der Waals surface area contributed by atoms with E-state index in [1.807, 2.05) is 0 Å². The molecule has 0 aliphatic carbocycles. The first-order valence-corrected chi connectivity index (χ1v) is 5.55. The molecule has 18 heavy (non-hydrogen) atoms. The second-order valence-corrected chi connectivity index (χ2v) is 4.21. The predicted octanol–water partition coefficient (Wildman–Crippen LogP) is -1.61. The van der Waals surface area contributed by atoms with E-state index in [0.29, 0.717) is 19.1 Å². The van der Waals surface area contributed by atoms with Crippen LogP contribution in [-0.4, -0.2) is 48.1 Å². The van der Waals surface area contributed by atoms with Crippen LogP contribution in [0.5, 0.6) is 0 Å². The second-order valence-electron chi connectivity index (χ2n) is 4.21. The molecule has 0 bridgehead atoms. The maximum absolute atomic E-state index is 11.6. The molecule has 0 aromatic carbocycles. The number of nitrogens with two attached hydrogens (primary N) is 2. The Balaban J connectivity index is 4.03. The highest BCUT2D eigenvalue weighted by molar-refractivity contribution is 5.85. The maximum atomic E-state index is 11.6. The summed E-state index contributed by atoms with van der Waals surface area (Å²) in [6, 6.07) is -0.800. The van der Waals surface area contributed by atoms with Gasteiger partial charge in [0.1, 0.15) is 11.8 Å². The quantitative estimate of drug-likeness (QED) is 0.262. The smallest absolute Gasteiger partial charge is 0.404 e. The molecule has 0 rings (SSSR count). The van der Waals surface area contributed by atoms with Crippen molar-refractivity contribution < 1.29 is 19.5 Å². The second kappa shape index (κ2) is 7.62. The average Bonchev–Trinajstić information content (AvgIpc) is 2.33. The van der Waals surface area contributed by atoms with E-state index in [0.717, 1.165) is 0 Å². The van der Waals surface area contributed by atoms with Crippen molar-refractivity contribution >= 4 is 18.3 Å². The zero-order valence-electron chi connectivity index (χ0n) is 10.3. The molecule has 0 saturated heterocycles. The van der Waals surface area contributed by atoms with Crippen molar-refractivity contribution in [3.05, 3.63) is 0 Å². The van der Waals surface area contributed by atoms with E-state index < -0.39 is 23.6 Å². The number of aldehydes is 1. The van der Waals surface area contributed by atoms with E-state index in [-0.39, 0.29) is 13.1 Å². The minimum atomic E-state index is -1.12. The Bertz CT molecular complexity index is 310. The minimum absolute atomic E-state index is 0.0183. The van der Waals surface area contributed by atoms with Crippen molar-refractivity contribution in [2.24, 2.45) is 11.5 Å². The number of carboxylic acid groups (broad SMARTS) is 1. The number of nitrogens with one attached hydrogen (secondary N) is 2. The van der Waals surface area contributed by atoms with Crippen LogP contribution >= 0.6 is 0 Å². The summed E-state index contributed by atoms with van der Waals surface area (Å²) < 4.78 is 0. The van der Waals surface area contributed by atoms with E-state index in [9.17, 15) is 14.4 Å². The molecule has 7 N–H and O–H groups in total. The third kappa shape index (κ3) is 6.16. The number of hydrogen-bond acceptors (Lipinski definition) is 5. The Morgan fingerprint density at radius 3 is 2.56 bits per heavy atom. The van der Waals surface area contributed by atoms with Gasteiger partial charge in [-0.2, -0.15) is 0 Å². The molecule has 0 unspecified atom stereocenters. The van der Waals surface area contributed by atoms with Crippen molar-refractivity contribution in [1.82, 2.24) is 10.6 Å². The molecule has 2 atom stereocenters. The minimum Gasteiger partial charge on any atom is -0.465 e. The number of carbonyl (C=O) groups is 3.